The molecule has 0 saturated carbocycles. The molecule has 1 aromatic heterocycles. The largest absolute Gasteiger partial charge is 0.368 e. The van der Waals surface area contributed by atoms with Gasteiger partial charge in [0.2, 0.25) is 5.95 Å². The summed E-state index contributed by atoms with van der Waals surface area (Å²) in [5.41, 5.74) is 7.42. The molecule has 0 fully saturated rings. The first-order valence-electron chi connectivity index (χ1n) is 8.18. The SMILES string of the molecule is CC(C)[C@H](Nc1nc(N)ncc1Cl)c1ccc2c(c1)S(=O)(=O)CCC2. The van der Waals surface area contributed by atoms with Gasteiger partial charge in [0, 0.05) is 0 Å². The number of nitrogen functional groups attached to an aromatic ring is 1. The molecular formula is C17H21ClN4O2S. The van der Waals surface area contributed by atoms with E-state index in [-0.39, 0.29) is 23.7 Å². The summed E-state index contributed by atoms with van der Waals surface area (Å²) >= 11 is 6.15. The fourth-order valence-corrected chi connectivity index (χ4v) is 4.86. The Balaban J connectivity index is 2.01. The van der Waals surface area contributed by atoms with E-state index in [0.29, 0.717) is 22.2 Å². The normalized spacial score (nSPS) is 17.1. The highest BCUT2D eigenvalue weighted by Crippen LogP contribution is 2.33. The van der Waals surface area contributed by atoms with E-state index in [1.165, 1.54) is 6.20 Å². The van der Waals surface area contributed by atoms with Gasteiger partial charge >= 0.3 is 0 Å². The number of fused-ring (bicyclic) bond motifs is 1. The van der Waals surface area contributed by atoms with Gasteiger partial charge in [-0.25, -0.2) is 13.4 Å². The van der Waals surface area contributed by atoms with E-state index in [4.69, 9.17) is 17.3 Å². The first-order chi connectivity index (χ1) is 11.8. The lowest BCUT2D eigenvalue weighted by atomic mass is 9.94. The van der Waals surface area contributed by atoms with Crippen LogP contribution in [0, 0.1) is 5.92 Å². The molecule has 0 spiro atoms. The number of anilines is 2. The maximum absolute atomic E-state index is 12.4. The fraction of sp³-hybridized carbons (Fsp3) is 0.412. The number of hydrogen-bond donors (Lipinski definition) is 2. The van der Waals surface area contributed by atoms with E-state index < -0.39 is 9.84 Å². The smallest absolute Gasteiger partial charge is 0.222 e. The standard InChI is InChI=1S/C17H21ClN4O2S/c1-10(2)15(21-16-13(18)9-20-17(19)22-16)12-6-5-11-4-3-7-25(23,24)14(11)8-12/h5-6,8-10,15H,3-4,7H2,1-2H3,(H3,19,20,21,22)/t15-/m0/s1. The van der Waals surface area contributed by atoms with Gasteiger partial charge in [-0.3, -0.25) is 0 Å². The number of nitrogens with one attached hydrogen (secondary N) is 1. The molecule has 1 atom stereocenters. The molecule has 1 aliphatic heterocycles. The highest BCUT2D eigenvalue weighted by Gasteiger charge is 2.26. The summed E-state index contributed by atoms with van der Waals surface area (Å²) in [5.74, 6) is 0.949. The van der Waals surface area contributed by atoms with Gasteiger partial charge in [-0.15, -0.1) is 0 Å². The van der Waals surface area contributed by atoms with E-state index in [1.54, 1.807) is 6.07 Å². The minimum atomic E-state index is -3.21. The van der Waals surface area contributed by atoms with E-state index in [9.17, 15) is 8.42 Å². The van der Waals surface area contributed by atoms with Gasteiger partial charge in [0.15, 0.2) is 15.7 Å². The number of rotatable bonds is 4. The number of halogens is 1. The lowest BCUT2D eigenvalue weighted by Crippen LogP contribution is -2.21. The first-order valence-corrected chi connectivity index (χ1v) is 10.2. The predicted molar refractivity (Wildman–Crippen MR) is 99.5 cm³/mol. The Bertz CT molecular complexity index is 900. The Labute approximate surface area is 152 Å². The van der Waals surface area contributed by atoms with E-state index in [2.05, 4.69) is 15.3 Å². The second-order valence-corrected chi connectivity index (χ2v) is 9.07. The van der Waals surface area contributed by atoms with E-state index in [0.717, 1.165) is 17.5 Å². The Hall–Kier alpha value is -1.86. The molecule has 0 saturated heterocycles. The molecule has 0 aliphatic carbocycles. The van der Waals surface area contributed by atoms with Crippen LogP contribution in [0.4, 0.5) is 11.8 Å². The maximum atomic E-state index is 12.4. The van der Waals surface area contributed by atoms with Gasteiger partial charge in [-0.1, -0.05) is 37.6 Å². The summed E-state index contributed by atoms with van der Waals surface area (Å²) in [4.78, 5) is 8.44. The molecule has 0 bridgehead atoms. The van der Waals surface area contributed by atoms with Crippen LogP contribution < -0.4 is 11.1 Å². The van der Waals surface area contributed by atoms with Crippen molar-refractivity contribution in [3.63, 3.8) is 0 Å². The van der Waals surface area contributed by atoms with Gasteiger partial charge in [0.05, 0.1) is 22.9 Å². The maximum Gasteiger partial charge on any atom is 0.222 e. The minimum Gasteiger partial charge on any atom is -0.368 e. The second kappa shape index (κ2) is 6.80. The van der Waals surface area contributed by atoms with Crippen LogP contribution in [0.1, 0.15) is 37.4 Å². The molecule has 134 valence electrons. The van der Waals surface area contributed by atoms with Gasteiger partial charge in [-0.05, 0) is 36.0 Å². The lowest BCUT2D eigenvalue weighted by molar-refractivity contribution is 0.542. The molecule has 6 nitrogen and oxygen atoms in total. The van der Waals surface area contributed by atoms with Crippen molar-refractivity contribution in [3.05, 3.63) is 40.5 Å². The molecule has 1 aromatic carbocycles. The highest BCUT2D eigenvalue weighted by atomic mass is 35.5. The van der Waals surface area contributed by atoms with Crippen molar-refractivity contribution in [2.24, 2.45) is 5.92 Å². The van der Waals surface area contributed by atoms with Crippen molar-refractivity contribution >= 4 is 33.2 Å². The number of sulfone groups is 1. The third kappa shape index (κ3) is 3.72. The molecule has 0 unspecified atom stereocenters. The Morgan fingerprint density at radius 2 is 2.08 bits per heavy atom. The van der Waals surface area contributed by atoms with Crippen molar-refractivity contribution < 1.29 is 8.42 Å². The molecular weight excluding hydrogens is 360 g/mol. The van der Waals surface area contributed by atoms with Crippen LogP contribution in [0.15, 0.2) is 29.3 Å². The number of aromatic nitrogens is 2. The fourth-order valence-electron chi connectivity index (χ4n) is 3.09. The van der Waals surface area contributed by atoms with Crippen LogP contribution in [0.3, 0.4) is 0 Å². The number of benzene rings is 1. The van der Waals surface area contributed by atoms with Crippen molar-refractivity contribution in [3.8, 4) is 0 Å². The molecule has 8 heteroatoms. The summed E-state index contributed by atoms with van der Waals surface area (Å²) in [5, 5.41) is 3.65. The van der Waals surface area contributed by atoms with Crippen LogP contribution in [0.5, 0.6) is 0 Å². The van der Waals surface area contributed by atoms with Crippen molar-refractivity contribution in [2.45, 2.75) is 37.6 Å². The number of nitrogens with two attached hydrogens (primary N) is 1. The number of nitrogens with zero attached hydrogens (tertiary/aromatic N) is 2. The Kier molecular flexibility index (Phi) is 4.88. The van der Waals surface area contributed by atoms with E-state index in [1.807, 2.05) is 26.0 Å². The van der Waals surface area contributed by atoms with Gasteiger partial charge in [0.1, 0.15) is 5.02 Å². The number of hydrogen-bond acceptors (Lipinski definition) is 6. The predicted octanol–water partition coefficient (Wildman–Crippen LogP) is 3.24. The molecule has 2 heterocycles. The molecule has 3 N–H and O–H groups in total. The van der Waals surface area contributed by atoms with E-state index >= 15 is 0 Å². The average molecular weight is 381 g/mol. The monoisotopic (exact) mass is 380 g/mol. The van der Waals surface area contributed by atoms with Crippen LogP contribution in [0.2, 0.25) is 5.02 Å². The lowest BCUT2D eigenvalue weighted by Gasteiger charge is -2.26. The molecule has 0 amide bonds. The van der Waals surface area contributed by atoms with Gasteiger partial charge in [0.25, 0.3) is 0 Å². The van der Waals surface area contributed by atoms with Crippen molar-refractivity contribution in [2.75, 3.05) is 16.8 Å². The summed E-state index contributed by atoms with van der Waals surface area (Å²) in [7, 11) is -3.21. The van der Waals surface area contributed by atoms with Crippen LogP contribution in [-0.4, -0.2) is 24.1 Å². The molecule has 1 aliphatic rings. The quantitative estimate of drug-likeness (QED) is 0.844. The number of aryl methyl sites for hydroxylation is 1. The van der Waals surface area contributed by atoms with Crippen molar-refractivity contribution in [1.82, 2.24) is 9.97 Å². The van der Waals surface area contributed by atoms with Crippen molar-refractivity contribution in [1.29, 1.82) is 0 Å². The summed E-state index contributed by atoms with van der Waals surface area (Å²) in [6, 6.07) is 5.50. The summed E-state index contributed by atoms with van der Waals surface area (Å²) in [6.45, 7) is 4.09. The summed E-state index contributed by atoms with van der Waals surface area (Å²) < 4.78 is 24.8. The third-order valence-corrected chi connectivity index (χ3v) is 6.52. The highest BCUT2D eigenvalue weighted by molar-refractivity contribution is 7.91. The molecule has 2 aromatic rings. The van der Waals surface area contributed by atoms with Crippen LogP contribution in [-0.2, 0) is 16.3 Å². The van der Waals surface area contributed by atoms with Gasteiger partial charge < -0.3 is 11.1 Å². The van der Waals surface area contributed by atoms with Crippen LogP contribution >= 0.6 is 11.6 Å². The minimum absolute atomic E-state index is 0.127. The Morgan fingerprint density at radius 3 is 2.80 bits per heavy atom. The van der Waals surface area contributed by atoms with Gasteiger partial charge in [-0.2, -0.15) is 4.98 Å². The summed E-state index contributed by atoms with van der Waals surface area (Å²) in [6.07, 6.45) is 2.92. The zero-order valence-corrected chi connectivity index (χ0v) is 15.7. The Morgan fingerprint density at radius 1 is 1.32 bits per heavy atom. The third-order valence-electron chi connectivity index (χ3n) is 4.37. The second-order valence-electron chi connectivity index (χ2n) is 6.58. The van der Waals surface area contributed by atoms with Crippen LogP contribution in [0.25, 0.3) is 0 Å². The molecule has 3 rings (SSSR count). The first kappa shape index (κ1) is 17.9. The average Bonchev–Trinajstić information content (AvgIpc) is 2.55. The molecule has 0 radical (unpaired) electrons. The topological polar surface area (TPSA) is 98.0 Å². The zero-order valence-electron chi connectivity index (χ0n) is 14.2. The molecule has 25 heavy (non-hydrogen) atoms. The zero-order chi connectivity index (χ0) is 18.2.